The molecule has 0 radical (unpaired) electrons. The Labute approximate surface area is 176 Å². The van der Waals surface area contributed by atoms with Crippen LogP contribution < -0.4 is 5.32 Å². The highest BCUT2D eigenvalue weighted by molar-refractivity contribution is 5.82. The van der Waals surface area contributed by atoms with Crippen molar-refractivity contribution < 1.29 is 4.74 Å². The van der Waals surface area contributed by atoms with Crippen LogP contribution in [0.2, 0.25) is 0 Å². The molecule has 1 fully saturated rings. The molecule has 2 aromatic carbocycles. The molecule has 30 heavy (non-hydrogen) atoms. The Morgan fingerprint density at radius 1 is 0.933 bits per heavy atom. The number of nitrogens with one attached hydrogen (secondary N) is 1. The van der Waals surface area contributed by atoms with Gasteiger partial charge in [0.05, 0.1) is 30.1 Å². The first kappa shape index (κ1) is 18.7. The topological polar surface area (TPSA) is 50.3 Å². The largest absolute Gasteiger partial charge is 0.371 e. The van der Waals surface area contributed by atoms with Gasteiger partial charge in [-0.15, -0.1) is 0 Å². The van der Waals surface area contributed by atoms with Gasteiger partial charge < -0.3 is 10.1 Å². The van der Waals surface area contributed by atoms with Crippen LogP contribution in [-0.2, 0) is 11.3 Å². The molecule has 1 saturated heterocycles. The lowest BCUT2D eigenvalue weighted by atomic mass is 10.1. The average molecular weight is 396 g/mol. The van der Waals surface area contributed by atoms with Gasteiger partial charge in [0, 0.05) is 31.2 Å². The number of para-hydroxylation sites is 1. The van der Waals surface area contributed by atoms with E-state index in [9.17, 15) is 0 Å². The lowest BCUT2D eigenvalue weighted by Gasteiger charge is -2.33. The predicted molar refractivity (Wildman–Crippen MR) is 120 cm³/mol. The Balaban J connectivity index is 1.22. The number of ether oxygens (including phenoxy) is 1. The fourth-order valence-corrected chi connectivity index (χ4v) is 3.85. The zero-order chi connectivity index (χ0) is 20.2. The van der Waals surface area contributed by atoms with Crippen molar-refractivity contribution in [1.82, 2.24) is 14.9 Å². The molecule has 1 aliphatic heterocycles. The summed E-state index contributed by atoms with van der Waals surface area (Å²) in [7, 11) is 0. The molecule has 5 nitrogen and oxygen atoms in total. The summed E-state index contributed by atoms with van der Waals surface area (Å²) in [6.07, 6.45) is 3.92. The molecular formula is C25H24N4O. The van der Waals surface area contributed by atoms with Crippen LogP contribution in [-0.4, -0.2) is 34.6 Å². The van der Waals surface area contributed by atoms with Crippen LogP contribution >= 0.6 is 0 Å². The maximum Gasteiger partial charge on any atom is 0.130 e. The number of hydrogen-bond donors (Lipinski definition) is 1. The summed E-state index contributed by atoms with van der Waals surface area (Å²) in [5, 5.41) is 4.46. The third kappa shape index (κ3) is 4.32. The van der Waals surface area contributed by atoms with E-state index in [0.29, 0.717) is 0 Å². The first-order valence-electron chi connectivity index (χ1n) is 10.3. The van der Waals surface area contributed by atoms with Crippen molar-refractivity contribution in [2.24, 2.45) is 0 Å². The van der Waals surface area contributed by atoms with Crippen LogP contribution in [0, 0.1) is 0 Å². The quantitative estimate of drug-likeness (QED) is 0.517. The van der Waals surface area contributed by atoms with Crippen LogP contribution in [0.5, 0.6) is 0 Å². The number of anilines is 2. The van der Waals surface area contributed by atoms with Gasteiger partial charge in [-0.3, -0.25) is 9.88 Å². The van der Waals surface area contributed by atoms with Crippen molar-refractivity contribution >= 4 is 22.4 Å². The number of hydrogen-bond acceptors (Lipinski definition) is 5. The van der Waals surface area contributed by atoms with Crippen molar-refractivity contribution in [1.29, 1.82) is 0 Å². The molecule has 4 aromatic rings. The number of fused-ring (bicyclic) bond motifs is 1. The van der Waals surface area contributed by atoms with Crippen LogP contribution in [0.15, 0.2) is 85.2 Å². The minimum atomic E-state index is 0.134. The maximum absolute atomic E-state index is 5.97. The first-order chi connectivity index (χ1) is 14.8. The summed E-state index contributed by atoms with van der Waals surface area (Å²) < 4.78 is 5.97. The smallest absolute Gasteiger partial charge is 0.130 e. The normalized spacial score (nSPS) is 17.1. The molecule has 0 spiro atoms. The minimum Gasteiger partial charge on any atom is -0.371 e. The molecule has 2 aromatic heterocycles. The van der Waals surface area contributed by atoms with Crippen LogP contribution in [0.1, 0.15) is 17.2 Å². The lowest BCUT2D eigenvalue weighted by Crippen LogP contribution is -2.37. The highest BCUT2D eigenvalue weighted by atomic mass is 16.5. The molecule has 0 aliphatic carbocycles. The van der Waals surface area contributed by atoms with E-state index in [-0.39, 0.29) is 6.10 Å². The fourth-order valence-electron chi connectivity index (χ4n) is 3.85. The maximum atomic E-state index is 5.97. The standard InChI is InChI=1S/C25H24N4O/c1-2-6-20(7-3-1)24-18-29(12-13-30-24)17-19-10-11-25(27-15-19)28-22-14-21-8-4-5-9-23(21)26-16-22/h1-11,14-16,24H,12-13,17-18H2,(H,27,28). The number of benzene rings is 2. The van der Waals surface area contributed by atoms with Gasteiger partial charge in [0.1, 0.15) is 5.82 Å². The van der Waals surface area contributed by atoms with Crippen molar-refractivity contribution in [3.05, 3.63) is 96.3 Å². The van der Waals surface area contributed by atoms with E-state index >= 15 is 0 Å². The second-order valence-electron chi connectivity index (χ2n) is 7.60. The van der Waals surface area contributed by atoms with Gasteiger partial charge in [-0.25, -0.2) is 4.98 Å². The highest BCUT2D eigenvalue weighted by Gasteiger charge is 2.21. The molecule has 1 aliphatic rings. The summed E-state index contributed by atoms with van der Waals surface area (Å²) in [4.78, 5) is 11.5. The molecule has 3 heterocycles. The summed E-state index contributed by atoms with van der Waals surface area (Å²) in [5.74, 6) is 0.819. The minimum absolute atomic E-state index is 0.134. The Morgan fingerprint density at radius 2 is 1.80 bits per heavy atom. The molecule has 0 bridgehead atoms. The highest BCUT2D eigenvalue weighted by Crippen LogP contribution is 2.24. The summed E-state index contributed by atoms with van der Waals surface area (Å²) in [6.45, 7) is 3.46. The van der Waals surface area contributed by atoms with Gasteiger partial charge in [0.2, 0.25) is 0 Å². The lowest BCUT2D eigenvalue weighted by molar-refractivity contribution is -0.0329. The van der Waals surface area contributed by atoms with Gasteiger partial charge in [-0.2, -0.15) is 0 Å². The fraction of sp³-hybridized carbons (Fsp3) is 0.200. The SMILES string of the molecule is c1ccc(C2CN(Cc3ccc(Nc4cnc5ccccc5c4)nc3)CCO2)cc1. The van der Waals surface area contributed by atoms with E-state index in [1.165, 1.54) is 11.1 Å². The van der Waals surface area contributed by atoms with E-state index < -0.39 is 0 Å². The molecule has 0 saturated carbocycles. The Bertz CT molecular complexity index is 1110. The van der Waals surface area contributed by atoms with Gasteiger partial charge in [0.15, 0.2) is 0 Å². The van der Waals surface area contributed by atoms with E-state index in [1.54, 1.807) is 0 Å². The second kappa shape index (κ2) is 8.61. The first-order valence-corrected chi connectivity index (χ1v) is 10.3. The number of aromatic nitrogens is 2. The van der Waals surface area contributed by atoms with Crippen LogP contribution in [0.3, 0.4) is 0 Å². The van der Waals surface area contributed by atoms with Gasteiger partial charge in [-0.05, 0) is 29.3 Å². The third-order valence-corrected chi connectivity index (χ3v) is 5.42. The molecule has 5 heteroatoms. The molecule has 1 N–H and O–H groups in total. The van der Waals surface area contributed by atoms with Crippen LogP contribution in [0.4, 0.5) is 11.5 Å². The van der Waals surface area contributed by atoms with Gasteiger partial charge in [0.25, 0.3) is 0 Å². The van der Waals surface area contributed by atoms with Crippen molar-refractivity contribution in [3.8, 4) is 0 Å². The summed E-state index contributed by atoms with van der Waals surface area (Å²) >= 11 is 0. The molecule has 0 amide bonds. The number of pyridine rings is 2. The van der Waals surface area contributed by atoms with Crippen LogP contribution in [0.25, 0.3) is 10.9 Å². The van der Waals surface area contributed by atoms with E-state index in [2.05, 4.69) is 62.6 Å². The number of rotatable bonds is 5. The van der Waals surface area contributed by atoms with E-state index in [1.807, 2.05) is 42.7 Å². The number of nitrogens with zero attached hydrogens (tertiary/aromatic N) is 3. The van der Waals surface area contributed by atoms with Gasteiger partial charge in [-0.1, -0.05) is 54.6 Å². The summed E-state index contributed by atoms with van der Waals surface area (Å²) in [5.41, 5.74) is 4.37. The van der Waals surface area contributed by atoms with E-state index in [4.69, 9.17) is 4.74 Å². The monoisotopic (exact) mass is 396 g/mol. The predicted octanol–water partition coefficient (Wildman–Crippen LogP) is 4.95. The van der Waals surface area contributed by atoms with E-state index in [0.717, 1.165) is 48.6 Å². The third-order valence-electron chi connectivity index (χ3n) is 5.42. The zero-order valence-corrected chi connectivity index (χ0v) is 16.7. The van der Waals surface area contributed by atoms with Crippen molar-refractivity contribution in [2.75, 3.05) is 25.0 Å². The zero-order valence-electron chi connectivity index (χ0n) is 16.7. The molecule has 150 valence electrons. The summed E-state index contributed by atoms with van der Waals surface area (Å²) in [6, 6.07) is 24.8. The molecule has 5 rings (SSSR count). The molecule has 1 atom stereocenters. The Morgan fingerprint density at radius 3 is 2.67 bits per heavy atom. The Kier molecular flexibility index (Phi) is 5.38. The van der Waals surface area contributed by atoms with Crippen molar-refractivity contribution in [2.45, 2.75) is 12.6 Å². The molecule has 1 unspecified atom stereocenters. The number of morpholine rings is 1. The Hall–Kier alpha value is -3.28. The van der Waals surface area contributed by atoms with Gasteiger partial charge >= 0.3 is 0 Å². The second-order valence-corrected chi connectivity index (χ2v) is 7.60. The molecular weight excluding hydrogens is 372 g/mol. The van der Waals surface area contributed by atoms with Crippen molar-refractivity contribution in [3.63, 3.8) is 0 Å². The average Bonchev–Trinajstić information content (AvgIpc) is 2.81.